The minimum atomic E-state index is -3.99. The maximum absolute atomic E-state index is 11.6. The van der Waals surface area contributed by atoms with Crippen LogP contribution in [0, 0.1) is 5.92 Å². The van der Waals surface area contributed by atoms with E-state index in [1.807, 2.05) is 0 Å². The second-order valence-corrected chi connectivity index (χ2v) is 5.08. The fourth-order valence-corrected chi connectivity index (χ4v) is 2.20. The lowest BCUT2D eigenvalue weighted by Crippen LogP contribution is -2.24. The summed E-state index contributed by atoms with van der Waals surface area (Å²) in [6.45, 7) is 0.138. The molecular weight excluding hydrogens is 234 g/mol. The van der Waals surface area contributed by atoms with Crippen molar-refractivity contribution < 1.29 is 17.4 Å². The highest BCUT2D eigenvalue weighted by Gasteiger charge is 2.27. The van der Waals surface area contributed by atoms with E-state index in [4.69, 9.17) is 9.92 Å². The van der Waals surface area contributed by atoms with Crippen molar-refractivity contribution in [1.82, 2.24) is 8.96 Å². The van der Waals surface area contributed by atoms with E-state index in [0.717, 1.165) is 19.0 Å². The van der Waals surface area contributed by atoms with Gasteiger partial charge < -0.3 is 5.73 Å². The fraction of sp³-hybridized carbons (Fsp3) is 0.500. The van der Waals surface area contributed by atoms with Gasteiger partial charge in [0.15, 0.2) is 0 Å². The molecule has 2 rings (SSSR count). The van der Waals surface area contributed by atoms with Gasteiger partial charge >= 0.3 is 10.3 Å². The smallest absolute Gasteiger partial charge is 0.363 e. The summed E-state index contributed by atoms with van der Waals surface area (Å²) >= 11 is 0. The van der Waals surface area contributed by atoms with E-state index in [2.05, 4.69) is 4.98 Å². The van der Waals surface area contributed by atoms with Gasteiger partial charge in [0.1, 0.15) is 0 Å². The molecule has 0 bridgehead atoms. The van der Waals surface area contributed by atoms with Crippen LogP contribution in [0.25, 0.3) is 0 Å². The monoisotopic (exact) mass is 245 g/mol. The second kappa shape index (κ2) is 3.87. The SMILES string of the molecule is NC(=O)c1nccn1S(=O)(=O)OCC1CC1. The van der Waals surface area contributed by atoms with Gasteiger partial charge in [-0.3, -0.25) is 8.98 Å². The first-order valence-corrected chi connectivity index (χ1v) is 6.10. The van der Waals surface area contributed by atoms with Crippen LogP contribution in [-0.2, 0) is 14.5 Å². The summed E-state index contributed by atoms with van der Waals surface area (Å²) in [6.07, 6.45) is 4.25. The highest BCUT2D eigenvalue weighted by Crippen LogP contribution is 2.29. The Labute approximate surface area is 92.5 Å². The number of hydrogen-bond acceptors (Lipinski definition) is 5. The van der Waals surface area contributed by atoms with Crippen LogP contribution in [0.5, 0.6) is 0 Å². The van der Waals surface area contributed by atoms with Gasteiger partial charge in [-0.2, -0.15) is 12.4 Å². The van der Waals surface area contributed by atoms with Gasteiger partial charge in [-0.1, -0.05) is 0 Å². The Morgan fingerprint density at radius 2 is 2.31 bits per heavy atom. The summed E-state index contributed by atoms with van der Waals surface area (Å²) in [5.74, 6) is -0.963. The summed E-state index contributed by atoms with van der Waals surface area (Å²) in [4.78, 5) is 14.5. The zero-order valence-electron chi connectivity index (χ0n) is 8.37. The lowest BCUT2D eigenvalue weighted by molar-refractivity contribution is 0.0989. The molecule has 0 spiro atoms. The summed E-state index contributed by atoms with van der Waals surface area (Å²) in [5.41, 5.74) is 4.98. The quantitative estimate of drug-likeness (QED) is 0.753. The number of imidazole rings is 1. The van der Waals surface area contributed by atoms with E-state index in [-0.39, 0.29) is 12.4 Å². The Balaban J connectivity index is 2.20. The van der Waals surface area contributed by atoms with Crippen molar-refractivity contribution >= 4 is 16.2 Å². The second-order valence-electron chi connectivity index (χ2n) is 3.60. The molecule has 1 fully saturated rings. The van der Waals surface area contributed by atoms with Crippen molar-refractivity contribution in [2.24, 2.45) is 11.7 Å². The first-order valence-electron chi connectivity index (χ1n) is 4.74. The number of nitrogens with zero attached hydrogens (tertiary/aromatic N) is 2. The highest BCUT2D eigenvalue weighted by atomic mass is 32.2. The molecular formula is C8H11N3O4S. The number of carbonyl (C=O) groups is 1. The predicted molar refractivity (Wildman–Crippen MR) is 53.7 cm³/mol. The summed E-state index contributed by atoms with van der Waals surface area (Å²) < 4.78 is 28.7. The topological polar surface area (TPSA) is 104 Å². The predicted octanol–water partition coefficient (Wildman–Crippen LogP) is -0.499. The molecule has 0 atom stereocenters. The minimum absolute atomic E-state index is 0.138. The number of primary amides is 1. The molecule has 2 N–H and O–H groups in total. The molecule has 0 unspecified atom stereocenters. The van der Waals surface area contributed by atoms with Crippen LogP contribution < -0.4 is 5.73 Å². The molecule has 1 aliphatic rings. The standard InChI is InChI=1S/C8H11N3O4S/c9-7(12)8-10-3-4-11(8)16(13,14)15-5-6-1-2-6/h3-4,6H,1-2,5H2,(H2,9,12). The lowest BCUT2D eigenvalue weighted by atomic mass is 10.5. The molecule has 0 aromatic carbocycles. The van der Waals surface area contributed by atoms with Crippen LogP contribution in [0.4, 0.5) is 0 Å². The zero-order valence-corrected chi connectivity index (χ0v) is 9.18. The normalized spacial score (nSPS) is 16.2. The summed E-state index contributed by atoms with van der Waals surface area (Å²) in [6, 6.07) is 0. The molecule has 1 amide bonds. The van der Waals surface area contributed by atoms with Crippen molar-refractivity contribution in [2.75, 3.05) is 6.61 Å². The molecule has 8 heteroatoms. The van der Waals surface area contributed by atoms with Gasteiger partial charge in [0, 0.05) is 12.4 Å². The maximum atomic E-state index is 11.6. The molecule has 1 aromatic rings. The molecule has 7 nitrogen and oxygen atoms in total. The number of carbonyl (C=O) groups excluding carboxylic acids is 1. The Morgan fingerprint density at radius 3 is 2.88 bits per heavy atom. The Hall–Kier alpha value is -1.41. The van der Waals surface area contributed by atoms with E-state index < -0.39 is 16.2 Å². The Bertz CT molecular complexity index is 503. The zero-order chi connectivity index (χ0) is 11.8. The van der Waals surface area contributed by atoms with E-state index in [0.29, 0.717) is 9.89 Å². The molecule has 1 heterocycles. The van der Waals surface area contributed by atoms with Crippen molar-refractivity contribution in [3.05, 3.63) is 18.2 Å². The average molecular weight is 245 g/mol. The molecule has 0 aliphatic heterocycles. The van der Waals surface area contributed by atoms with Crippen molar-refractivity contribution in [3.63, 3.8) is 0 Å². The van der Waals surface area contributed by atoms with Gasteiger partial charge in [0.2, 0.25) is 5.82 Å². The van der Waals surface area contributed by atoms with Gasteiger partial charge in [-0.05, 0) is 18.8 Å². The largest absolute Gasteiger partial charge is 0.367 e. The van der Waals surface area contributed by atoms with Crippen LogP contribution in [0.3, 0.4) is 0 Å². The van der Waals surface area contributed by atoms with Gasteiger partial charge in [0.05, 0.1) is 6.61 Å². The van der Waals surface area contributed by atoms with Crippen molar-refractivity contribution in [3.8, 4) is 0 Å². The highest BCUT2D eigenvalue weighted by molar-refractivity contribution is 7.85. The number of hydrogen-bond donors (Lipinski definition) is 1. The minimum Gasteiger partial charge on any atom is -0.363 e. The Kier molecular flexibility index (Phi) is 2.68. The Morgan fingerprint density at radius 1 is 1.62 bits per heavy atom. The van der Waals surface area contributed by atoms with Gasteiger partial charge in [0.25, 0.3) is 5.91 Å². The van der Waals surface area contributed by atoms with Crippen LogP contribution in [0.1, 0.15) is 23.5 Å². The number of aromatic nitrogens is 2. The van der Waals surface area contributed by atoms with Crippen LogP contribution in [-0.4, -0.2) is 29.9 Å². The number of nitrogens with two attached hydrogens (primary N) is 1. The molecule has 16 heavy (non-hydrogen) atoms. The molecule has 88 valence electrons. The van der Waals surface area contributed by atoms with Crippen LogP contribution >= 0.6 is 0 Å². The van der Waals surface area contributed by atoms with Crippen molar-refractivity contribution in [2.45, 2.75) is 12.8 Å². The first kappa shape index (κ1) is 11.1. The molecule has 1 saturated carbocycles. The summed E-state index contributed by atoms with van der Waals surface area (Å²) in [5, 5.41) is 0. The number of amides is 1. The average Bonchev–Trinajstić information content (AvgIpc) is 2.88. The molecule has 1 aromatic heterocycles. The van der Waals surface area contributed by atoms with Gasteiger partial charge in [-0.25, -0.2) is 4.98 Å². The van der Waals surface area contributed by atoms with Crippen LogP contribution in [0.15, 0.2) is 12.4 Å². The van der Waals surface area contributed by atoms with Crippen LogP contribution in [0.2, 0.25) is 0 Å². The lowest BCUT2D eigenvalue weighted by Gasteiger charge is -2.06. The maximum Gasteiger partial charge on any atom is 0.367 e. The van der Waals surface area contributed by atoms with E-state index in [9.17, 15) is 13.2 Å². The fourth-order valence-electron chi connectivity index (χ4n) is 1.17. The third-order valence-electron chi connectivity index (χ3n) is 2.22. The van der Waals surface area contributed by atoms with Crippen molar-refractivity contribution in [1.29, 1.82) is 0 Å². The molecule has 0 saturated heterocycles. The van der Waals surface area contributed by atoms with E-state index >= 15 is 0 Å². The third-order valence-corrected chi connectivity index (χ3v) is 3.43. The van der Waals surface area contributed by atoms with E-state index in [1.165, 1.54) is 6.20 Å². The molecule has 0 radical (unpaired) electrons. The van der Waals surface area contributed by atoms with E-state index in [1.54, 1.807) is 0 Å². The third kappa shape index (κ3) is 2.22. The summed E-state index contributed by atoms with van der Waals surface area (Å²) in [7, 11) is -3.99. The first-order chi connectivity index (χ1) is 7.50. The van der Waals surface area contributed by atoms with Gasteiger partial charge in [-0.15, -0.1) is 0 Å². The number of rotatable bonds is 5. The molecule has 1 aliphatic carbocycles.